The number of carbonyl (C=O) groups excluding carboxylic acids is 6. The summed E-state index contributed by atoms with van der Waals surface area (Å²) in [5.41, 5.74) is 16.5. The van der Waals surface area contributed by atoms with Crippen LogP contribution in [0.4, 0.5) is 0 Å². The number of benzene rings is 1. The molecule has 1 aromatic carbocycles. The van der Waals surface area contributed by atoms with Gasteiger partial charge in [0.15, 0.2) is 0 Å². The van der Waals surface area contributed by atoms with Crippen LogP contribution >= 0.6 is 11.8 Å². The molecule has 226 valence electrons. The van der Waals surface area contributed by atoms with Crippen molar-refractivity contribution in [3.8, 4) is 5.75 Å². The Labute approximate surface area is 239 Å². The average Bonchev–Trinajstić information content (AvgIpc) is 2.89. The van der Waals surface area contributed by atoms with Crippen LogP contribution in [-0.2, 0) is 40.0 Å². The van der Waals surface area contributed by atoms with Crippen LogP contribution in [0.3, 0.4) is 0 Å². The number of nitrogens with one attached hydrogen (secondary N) is 4. The quantitative estimate of drug-likeness (QED) is 0.0797. The number of carboxylic acid groups (broad SMARTS) is 1. The van der Waals surface area contributed by atoms with Crippen LogP contribution in [0, 0.1) is 0 Å². The Bertz CT molecular complexity index is 1120. The van der Waals surface area contributed by atoms with E-state index in [1.165, 1.54) is 36.0 Å². The van der Waals surface area contributed by atoms with Crippen molar-refractivity contribution in [1.82, 2.24) is 21.3 Å². The predicted octanol–water partition coefficient (Wildman–Crippen LogP) is -3.58. The standard InChI is InChI=1S/C24H35N7O9S/c1-41-7-6-15(22(38)28-11-20(35)36)29-24(40)17(10-19(27)34)31-23(39)16(8-12-2-4-13(32)5-3-12)30-21(37)14(25)9-18(26)33/h2-5,14-17,32H,6-11,25H2,1H3,(H2,26,33)(H2,27,34)(H,28,38)(H,29,40)(H,30,37)(H,31,39)(H,35,36)/t14-,15-,16-,17-/m0/s1. The minimum Gasteiger partial charge on any atom is -0.508 e. The summed E-state index contributed by atoms with van der Waals surface area (Å²) < 4.78 is 0. The number of carbonyl (C=O) groups is 7. The number of nitrogens with two attached hydrogens (primary N) is 3. The summed E-state index contributed by atoms with van der Waals surface area (Å²) in [7, 11) is 0. The van der Waals surface area contributed by atoms with E-state index in [0.29, 0.717) is 11.3 Å². The highest BCUT2D eigenvalue weighted by molar-refractivity contribution is 7.98. The summed E-state index contributed by atoms with van der Waals surface area (Å²) in [6.07, 6.45) is 0.521. The minimum atomic E-state index is -1.58. The van der Waals surface area contributed by atoms with E-state index in [1.807, 2.05) is 0 Å². The van der Waals surface area contributed by atoms with Crippen LogP contribution in [-0.4, -0.2) is 94.3 Å². The molecule has 16 nitrogen and oxygen atoms in total. The van der Waals surface area contributed by atoms with Crippen molar-refractivity contribution < 1.29 is 43.8 Å². The van der Waals surface area contributed by atoms with Crippen LogP contribution < -0.4 is 38.5 Å². The van der Waals surface area contributed by atoms with Gasteiger partial charge < -0.3 is 48.7 Å². The van der Waals surface area contributed by atoms with Crippen LogP contribution in [0.1, 0.15) is 24.8 Å². The minimum absolute atomic E-state index is 0.0520. The molecule has 0 unspecified atom stereocenters. The third-order valence-electron chi connectivity index (χ3n) is 5.46. The molecule has 0 aliphatic rings. The molecule has 0 aliphatic heterocycles. The third kappa shape index (κ3) is 13.5. The maximum Gasteiger partial charge on any atom is 0.322 e. The van der Waals surface area contributed by atoms with Gasteiger partial charge in [-0.15, -0.1) is 0 Å². The maximum atomic E-state index is 13.3. The van der Waals surface area contributed by atoms with E-state index in [0.717, 1.165) is 0 Å². The Morgan fingerprint density at radius 1 is 0.805 bits per heavy atom. The highest BCUT2D eigenvalue weighted by Gasteiger charge is 2.31. The largest absolute Gasteiger partial charge is 0.508 e. The molecule has 4 atom stereocenters. The second-order valence-electron chi connectivity index (χ2n) is 8.89. The SMILES string of the molecule is CSCC[C@H](NC(=O)[C@H](CC(N)=O)NC(=O)[C@H](Cc1ccc(O)cc1)NC(=O)[C@@H](N)CC(N)=O)C(=O)NCC(=O)O. The zero-order valence-corrected chi connectivity index (χ0v) is 23.1. The van der Waals surface area contributed by atoms with Crippen LogP contribution in [0.25, 0.3) is 0 Å². The van der Waals surface area contributed by atoms with Crippen molar-refractivity contribution in [1.29, 1.82) is 0 Å². The summed E-state index contributed by atoms with van der Waals surface area (Å²) >= 11 is 1.36. The van der Waals surface area contributed by atoms with Crippen molar-refractivity contribution in [2.45, 2.75) is 49.9 Å². The zero-order chi connectivity index (χ0) is 31.1. The topological polar surface area (TPSA) is 286 Å². The Morgan fingerprint density at radius 3 is 1.88 bits per heavy atom. The van der Waals surface area contributed by atoms with Gasteiger partial charge in [0, 0.05) is 6.42 Å². The zero-order valence-electron chi connectivity index (χ0n) is 22.3. The van der Waals surface area contributed by atoms with Crippen molar-refractivity contribution >= 4 is 53.2 Å². The summed E-state index contributed by atoms with van der Waals surface area (Å²) in [5.74, 6) is -6.36. The van der Waals surface area contributed by atoms with E-state index in [4.69, 9.17) is 22.3 Å². The number of aliphatic carboxylic acids is 1. The average molecular weight is 598 g/mol. The fraction of sp³-hybridized carbons (Fsp3) is 0.458. The van der Waals surface area contributed by atoms with Gasteiger partial charge in [-0.1, -0.05) is 12.1 Å². The molecule has 0 aliphatic carbocycles. The maximum absolute atomic E-state index is 13.3. The molecule has 41 heavy (non-hydrogen) atoms. The first-order chi connectivity index (χ1) is 19.2. The summed E-state index contributed by atoms with van der Waals surface area (Å²) in [6, 6.07) is 0.115. The van der Waals surface area contributed by atoms with Gasteiger partial charge in [-0.3, -0.25) is 33.6 Å². The van der Waals surface area contributed by atoms with Crippen molar-refractivity contribution in [3.63, 3.8) is 0 Å². The van der Waals surface area contributed by atoms with E-state index in [-0.39, 0.29) is 18.6 Å². The number of thioether (sulfide) groups is 1. The Balaban J connectivity index is 3.18. The number of aromatic hydroxyl groups is 1. The fourth-order valence-corrected chi connectivity index (χ4v) is 3.88. The van der Waals surface area contributed by atoms with Gasteiger partial charge in [0.1, 0.15) is 30.4 Å². The van der Waals surface area contributed by atoms with Crippen LogP contribution in [0.15, 0.2) is 24.3 Å². The first kappa shape index (κ1) is 34.6. The van der Waals surface area contributed by atoms with Gasteiger partial charge in [0.25, 0.3) is 0 Å². The Kier molecular flexibility index (Phi) is 14.7. The molecule has 0 heterocycles. The van der Waals surface area contributed by atoms with Gasteiger partial charge in [-0.05, 0) is 36.1 Å². The molecule has 0 saturated carbocycles. The van der Waals surface area contributed by atoms with Gasteiger partial charge in [0.05, 0.1) is 18.9 Å². The number of rotatable bonds is 18. The van der Waals surface area contributed by atoms with E-state index in [1.54, 1.807) is 6.26 Å². The van der Waals surface area contributed by atoms with Gasteiger partial charge in [-0.25, -0.2) is 0 Å². The van der Waals surface area contributed by atoms with Crippen LogP contribution in [0.2, 0.25) is 0 Å². The van der Waals surface area contributed by atoms with Crippen molar-refractivity contribution in [3.05, 3.63) is 29.8 Å². The van der Waals surface area contributed by atoms with E-state index in [9.17, 15) is 38.7 Å². The van der Waals surface area contributed by atoms with E-state index < -0.39 is 85.0 Å². The van der Waals surface area contributed by atoms with Crippen molar-refractivity contribution in [2.24, 2.45) is 17.2 Å². The number of hydrogen-bond acceptors (Lipinski definition) is 10. The van der Waals surface area contributed by atoms with Crippen molar-refractivity contribution in [2.75, 3.05) is 18.6 Å². The lowest BCUT2D eigenvalue weighted by atomic mass is 10.0. The fourth-order valence-electron chi connectivity index (χ4n) is 3.41. The summed E-state index contributed by atoms with van der Waals surface area (Å²) in [6.45, 7) is -0.692. The first-order valence-electron chi connectivity index (χ1n) is 12.2. The summed E-state index contributed by atoms with van der Waals surface area (Å²) in [4.78, 5) is 85.1. The molecule has 0 radical (unpaired) electrons. The molecule has 0 saturated heterocycles. The van der Waals surface area contributed by atoms with Gasteiger partial charge >= 0.3 is 5.97 Å². The number of hydrogen-bond donors (Lipinski definition) is 9. The molecular formula is C24H35N7O9S. The molecule has 1 rings (SSSR count). The number of amides is 6. The van der Waals surface area contributed by atoms with E-state index in [2.05, 4.69) is 21.3 Å². The monoisotopic (exact) mass is 597 g/mol. The highest BCUT2D eigenvalue weighted by Crippen LogP contribution is 2.12. The highest BCUT2D eigenvalue weighted by atomic mass is 32.2. The number of carboxylic acids is 1. The second kappa shape index (κ2) is 17.3. The molecule has 6 amide bonds. The molecule has 17 heteroatoms. The molecule has 0 bridgehead atoms. The number of phenolic OH excluding ortho intramolecular Hbond substituents is 1. The first-order valence-corrected chi connectivity index (χ1v) is 13.6. The predicted molar refractivity (Wildman–Crippen MR) is 147 cm³/mol. The summed E-state index contributed by atoms with van der Waals surface area (Å²) in [5, 5.41) is 27.6. The lowest BCUT2D eigenvalue weighted by molar-refractivity contribution is -0.139. The molecular weight excluding hydrogens is 562 g/mol. The van der Waals surface area contributed by atoms with E-state index >= 15 is 0 Å². The molecule has 0 aromatic heterocycles. The van der Waals surface area contributed by atoms with Crippen LogP contribution in [0.5, 0.6) is 5.75 Å². The molecule has 1 aromatic rings. The Morgan fingerprint density at radius 2 is 1.34 bits per heavy atom. The molecule has 12 N–H and O–H groups in total. The molecule has 0 fully saturated rings. The Hall–Kier alpha value is -4.38. The van der Waals surface area contributed by atoms with Gasteiger partial charge in [0.2, 0.25) is 35.4 Å². The number of phenols is 1. The number of primary amides is 2. The lowest BCUT2D eigenvalue weighted by Crippen LogP contribution is -2.59. The normalized spacial score (nSPS) is 13.5. The molecule has 0 spiro atoms. The lowest BCUT2D eigenvalue weighted by Gasteiger charge is -2.25. The van der Waals surface area contributed by atoms with Gasteiger partial charge in [-0.2, -0.15) is 11.8 Å². The second-order valence-corrected chi connectivity index (χ2v) is 9.88. The smallest absolute Gasteiger partial charge is 0.322 e. The third-order valence-corrected chi connectivity index (χ3v) is 6.11.